The van der Waals surface area contributed by atoms with Gasteiger partial charge in [0.1, 0.15) is 0 Å². The summed E-state index contributed by atoms with van der Waals surface area (Å²) in [7, 11) is 0. The minimum Gasteiger partial charge on any atom is -0.320 e. The highest BCUT2D eigenvalue weighted by Gasteiger charge is 2.01. The topological polar surface area (TPSA) is 30.5 Å². The normalized spacial score (nSPS) is 16.9. The maximum absolute atomic E-state index is 4.44. The number of nitrogens with one attached hydrogen (secondary N) is 1. The van der Waals surface area contributed by atoms with E-state index in [4.69, 9.17) is 0 Å². The Morgan fingerprint density at radius 3 is 3.12 bits per heavy atom. The molecule has 0 bridgehead atoms. The summed E-state index contributed by atoms with van der Waals surface area (Å²) >= 11 is 0. The molecule has 0 unspecified atom stereocenters. The molecule has 46 valence electrons. The molecule has 0 amide bonds. The van der Waals surface area contributed by atoms with Gasteiger partial charge in [-0.15, -0.1) is 0 Å². The molecule has 8 heavy (non-hydrogen) atoms. The molecule has 0 saturated carbocycles. The van der Waals surface area contributed by atoms with Crippen LogP contribution in [0.4, 0.5) is 0 Å². The summed E-state index contributed by atoms with van der Waals surface area (Å²) in [5.41, 5.74) is 3.60. The van der Waals surface area contributed by atoms with Gasteiger partial charge < -0.3 is 4.89 Å². The average molecular weight is 115 g/mol. The van der Waals surface area contributed by atoms with Crippen LogP contribution in [0.2, 0.25) is 0 Å². The molecule has 1 aliphatic heterocycles. The van der Waals surface area contributed by atoms with Crippen LogP contribution in [0, 0.1) is 0 Å². The monoisotopic (exact) mass is 115 g/mol. The number of allylic oxidation sites excluding steroid dienone is 1. The van der Waals surface area contributed by atoms with Gasteiger partial charge in [-0.2, -0.15) is 0 Å². The van der Waals surface area contributed by atoms with Gasteiger partial charge in [-0.1, -0.05) is 18.3 Å². The van der Waals surface area contributed by atoms with Crippen molar-refractivity contribution in [2.75, 3.05) is 0 Å². The summed E-state index contributed by atoms with van der Waals surface area (Å²) in [4.78, 5) is 8.80. The van der Waals surface area contributed by atoms with Gasteiger partial charge in [-0.3, -0.25) is 0 Å². The second-order valence-corrected chi connectivity index (χ2v) is 1.67. The van der Waals surface area contributed by atoms with Crippen molar-refractivity contribution in [1.82, 2.24) is 5.48 Å². The summed E-state index contributed by atoms with van der Waals surface area (Å²) in [6.07, 6.45) is 3.66. The van der Waals surface area contributed by atoms with Crippen LogP contribution in [-0.2, 0) is 9.88 Å². The highest BCUT2D eigenvalue weighted by molar-refractivity contribution is 4.92. The lowest BCUT2D eigenvalue weighted by molar-refractivity contribution is -0.265. The Kier molecular flexibility index (Phi) is 1.75. The number of hydroxylamine groups is 1. The molecule has 0 aromatic carbocycles. The molecule has 1 aliphatic rings. The first-order valence-electron chi connectivity index (χ1n) is 2.71. The molecule has 0 radical (unpaired) electrons. The van der Waals surface area contributed by atoms with Crippen molar-refractivity contribution in [2.45, 2.75) is 19.8 Å². The minimum atomic E-state index is 0.986. The van der Waals surface area contributed by atoms with E-state index in [0.717, 1.165) is 18.5 Å². The maximum Gasteiger partial charge on any atom is 0.153 e. The molecule has 0 fully saturated rings. The zero-order valence-corrected chi connectivity index (χ0v) is 4.81. The first-order chi connectivity index (χ1) is 3.93. The zero-order valence-electron chi connectivity index (χ0n) is 4.81. The van der Waals surface area contributed by atoms with Gasteiger partial charge in [0.05, 0.1) is 5.70 Å². The molecule has 0 saturated heterocycles. The van der Waals surface area contributed by atoms with Crippen LogP contribution in [0.5, 0.6) is 0 Å². The SMILES string of the molecule is CCCC1=COON1. The first kappa shape index (κ1) is 5.44. The second-order valence-electron chi connectivity index (χ2n) is 1.67. The predicted molar refractivity (Wildman–Crippen MR) is 28.3 cm³/mol. The Labute approximate surface area is 48.2 Å². The van der Waals surface area contributed by atoms with Crippen LogP contribution in [0.3, 0.4) is 0 Å². The van der Waals surface area contributed by atoms with E-state index in [-0.39, 0.29) is 0 Å². The Hall–Kier alpha value is -0.700. The van der Waals surface area contributed by atoms with E-state index in [9.17, 15) is 0 Å². The minimum absolute atomic E-state index is 0.986. The molecule has 0 spiro atoms. The van der Waals surface area contributed by atoms with Crippen molar-refractivity contribution in [3.63, 3.8) is 0 Å². The summed E-state index contributed by atoms with van der Waals surface area (Å²) in [5, 5.41) is 0. The Bertz CT molecular complexity index is 101. The van der Waals surface area contributed by atoms with Crippen molar-refractivity contribution in [3.8, 4) is 0 Å². The first-order valence-corrected chi connectivity index (χ1v) is 2.71. The van der Waals surface area contributed by atoms with Gasteiger partial charge in [0.15, 0.2) is 6.26 Å². The number of rotatable bonds is 2. The fourth-order valence-electron chi connectivity index (χ4n) is 0.563. The lowest BCUT2D eigenvalue weighted by Gasteiger charge is -1.92. The lowest BCUT2D eigenvalue weighted by Crippen LogP contribution is -2.04. The zero-order chi connectivity index (χ0) is 5.82. The van der Waals surface area contributed by atoms with E-state index >= 15 is 0 Å². The average Bonchev–Trinajstić information content (AvgIpc) is 2.19. The third-order valence-corrected chi connectivity index (χ3v) is 0.931. The molecule has 1 heterocycles. The largest absolute Gasteiger partial charge is 0.320 e. The Balaban J connectivity index is 2.23. The third kappa shape index (κ3) is 1.13. The molecule has 1 rings (SSSR count). The van der Waals surface area contributed by atoms with Crippen molar-refractivity contribution in [1.29, 1.82) is 0 Å². The fraction of sp³-hybridized carbons (Fsp3) is 0.600. The van der Waals surface area contributed by atoms with Crippen molar-refractivity contribution in [2.24, 2.45) is 0 Å². The Morgan fingerprint density at radius 2 is 2.62 bits per heavy atom. The summed E-state index contributed by atoms with van der Waals surface area (Å²) in [5.74, 6) is 0. The highest BCUT2D eigenvalue weighted by Crippen LogP contribution is 2.05. The van der Waals surface area contributed by atoms with E-state index in [0.29, 0.717) is 0 Å². The summed E-state index contributed by atoms with van der Waals surface area (Å²) in [6, 6.07) is 0. The maximum atomic E-state index is 4.44. The van der Waals surface area contributed by atoms with Crippen LogP contribution in [0.15, 0.2) is 12.0 Å². The highest BCUT2D eigenvalue weighted by atomic mass is 17.3. The lowest BCUT2D eigenvalue weighted by atomic mass is 10.3. The molecule has 0 atom stereocenters. The van der Waals surface area contributed by atoms with Gasteiger partial charge in [0.2, 0.25) is 0 Å². The van der Waals surface area contributed by atoms with Gasteiger partial charge in [-0.05, 0) is 6.42 Å². The Morgan fingerprint density at radius 1 is 1.75 bits per heavy atom. The van der Waals surface area contributed by atoms with Gasteiger partial charge in [-0.25, -0.2) is 5.48 Å². The van der Waals surface area contributed by atoms with Crippen molar-refractivity contribution < 1.29 is 9.88 Å². The molecular formula is C5H9NO2. The molecule has 0 aromatic heterocycles. The van der Waals surface area contributed by atoms with Crippen molar-refractivity contribution in [3.05, 3.63) is 12.0 Å². The van der Waals surface area contributed by atoms with Crippen LogP contribution in [-0.4, -0.2) is 0 Å². The fourth-order valence-corrected chi connectivity index (χ4v) is 0.563. The van der Waals surface area contributed by atoms with E-state index in [1.807, 2.05) is 0 Å². The van der Waals surface area contributed by atoms with E-state index < -0.39 is 0 Å². The predicted octanol–water partition coefficient (Wildman–Crippen LogP) is 1.09. The number of hydrogen-bond acceptors (Lipinski definition) is 3. The number of hydrogen-bond donors (Lipinski definition) is 1. The molecule has 3 heteroatoms. The van der Waals surface area contributed by atoms with Crippen LogP contribution in [0.1, 0.15) is 19.8 Å². The molecule has 3 nitrogen and oxygen atoms in total. The second kappa shape index (κ2) is 2.57. The molecule has 1 N–H and O–H groups in total. The van der Waals surface area contributed by atoms with E-state index in [1.165, 1.54) is 0 Å². The van der Waals surface area contributed by atoms with E-state index in [2.05, 4.69) is 22.3 Å². The molecule has 0 aliphatic carbocycles. The van der Waals surface area contributed by atoms with Crippen molar-refractivity contribution >= 4 is 0 Å². The van der Waals surface area contributed by atoms with Crippen LogP contribution >= 0.6 is 0 Å². The van der Waals surface area contributed by atoms with Crippen LogP contribution < -0.4 is 5.48 Å². The molecular weight excluding hydrogens is 106 g/mol. The standard InChI is InChI=1S/C5H9NO2/c1-2-3-5-4-7-8-6-5/h4,6H,2-3H2,1H3. The van der Waals surface area contributed by atoms with Gasteiger partial charge in [0.25, 0.3) is 0 Å². The molecule has 0 aromatic rings. The van der Waals surface area contributed by atoms with Crippen LogP contribution in [0.25, 0.3) is 0 Å². The smallest absolute Gasteiger partial charge is 0.153 e. The summed E-state index contributed by atoms with van der Waals surface area (Å²) in [6.45, 7) is 2.10. The third-order valence-electron chi connectivity index (χ3n) is 0.931. The summed E-state index contributed by atoms with van der Waals surface area (Å²) < 4.78 is 0. The quantitative estimate of drug-likeness (QED) is 0.546. The van der Waals surface area contributed by atoms with Gasteiger partial charge in [0, 0.05) is 0 Å². The van der Waals surface area contributed by atoms with Gasteiger partial charge >= 0.3 is 0 Å². The van der Waals surface area contributed by atoms with E-state index in [1.54, 1.807) is 6.26 Å².